The van der Waals surface area contributed by atoms with E-state index in [4.69, 9.17) is 0 Å². The zero-order valence-corrected chi connectivity index (χ0v) is 20.0. The zero-order chi connectivity index (χ0) is 21.7. The van der Waals surface area contributed by atoms with Gasteiger partial charge in [-0.25, -0.2) is 0 Å². The summed E-state index contributed by atoms with van der Waals surface area (Å²) < 4.78 is 0. The molecular formula is C28H41NO. The number of amides is 1. The molecule has 3 aliphatic carbocycles. The van der Waals surface area contributed by atoms with Crippen LogP contribution in [-0.2, 0) is 4.79 Å². The number of hydrogen-bond donors (Lipinski definition) is 1. The molecule has 0 aromatic heterocycles. The minimum Gasteiger partial charge on any atom is -0.325 e. The van der Waals surface area contributed by atoms with Gasteiger partial charge in [-0.3, -0.25) is 4.79 Å². The van der Waals surface area contributed by atoms with Gasteiger partial charge in [-0.1, -0.05) is 57.4 Å². The van der Waals surface area contributed by atoms with E-state index in [9.17, 15) is 4.79 Å². The Labute approximate surface area is 183 Å². The number of allylic oxidation sites excluding steroid dienone is 2. The third kappa shape index (κ3) is 3.55. The minimum absolute atomic E-state index is 0.210. The average Bonchev–Trinajstić information content (AvgIpc) is 2.70. The van der Waals surface area contributed by atoms with E-state index in [-0.39, 0.29) is 16.7 Å². The maximum atomic E-state index is 13.7. The Hall–Kier alpha value is -1.57. The molecule has 3 aliphatic rings. The van der Waals surface area contributed by atoms with Crippen molar-refractivity contribution in [2.75, 3.05) is 5.32 Å². The largest absolute Gasteiger partial charge is 0.325 e. The molecule has 0 spiro atoms. The Bertz CT molecular complexity index is 865. The lowest BCUT2D eigenvalue weighted by atomic mass is 9.48. The van der Waals surface area contributed by atoms with E-state index < -0.39 is 0 Å². The van der Waals surface area contributed by atoms with Gasteiger partial charge in [0.25, 0.3) is 0 Å². The first-order valence-corrected chi connectivity index (χ1v) is 12.3. The Balaban J connectivity index is 1.62. The smallest absolute Gasteiger partial charge is 0.230 e. The highest BCUT2D eigenvalue weighted by molar-refractivity contribution is 5.96. The van der Waals surface area contributed by atoms with Crippen LogP contribution in [0, 0.1) is 42.4 Å². The third-order valence-corrected chi connectivity index (χ3v) is 9.16. The molecule has 2 nitrogen and oxygen atoms in total. The lowest BCUT2D eigenvalue weighted by Gasteiger charge is -2.56. The summed E-state index contributed by atoms with van der Waals surface area (Å²) in [4.78, 5) is 13.7. The lowest BCUT2D eigenvalue weighted by molar-refractivity contribution is -0.135. The predicted octanol–water partition coefficient (Wildman–Crippen LogP) is 7.60. The van der Waals surface area contributed by atoms with Crippen molar-refractivity contribution in [2.45, 2.75) is 92.9 Å². The number of rotatable bonds is 3. The molecule has 0 aliphatic heterocycles. The number of carbonyl (C=O) groups excluding carboxylic acids is 1. The number of nitrogens with one attached hydrogen (secondary N) is 1. The number of fused-ring (bicyclic) bond motifs is 2. The number of benzene rings is 1. The second-order valence-corrected chi connectivity index (χ2v) is 11.4. The summed E-state index contributed by atoms with van der Waals surface area (Å²) in [6.07, 6.45) is 9.73. The second-order valence-electron chi connectivity index (χ2n) is 11.4. The van der Waals surface area contributed by atoms with Crippen LogP contribution in [-0.4, -0.2) is 5.91 Å². The summed E-state index contributed by atoms with van der Waals surface area (Å²) in [7, 11) is 0. The first-order valence-electron chi connectivity index (χ1n) is 12.3. The Morgan fingerprint density at radius 2 is 1.87 bits per heavy atom. The standard InChI is InChI=1S/C28H41NO/c1-18(2)21-10-12-23-22(17-21)11-13-25-27(23,5)14-7-15-28(25,6)26(30)29-24-16-19(3)8-9-20(24)4/h8-9,16,18,21,25H,7,10-15,17H2,1-6H3,(H,29,30)/t21?,25?,27?,28-/m1/s1. The summed E-state index contributed by atoms with van der Waals surface area (Å²) in [5.74, 6) is 2.33. The molecule has 1 fully saturated rings. The van der Waals surface area contributed by atoms with Gasteiger partial charge in [0.15, 0.2) is 0 Å². The fraction of sp³-hybridized carbons (Fsp3) is 0.679. The van der Waals surface area contributed by atoms with Crippen LogP contribution in [0.3, 0.4) is 0 Å². The minimum atomic E-state index is -0.281. The van der Waals surface area contributed by atoms with Crippen molar-refractivity contribution in [1.29, 1.82) is 0 Å². The highest BCUT2D eigenvalue weighted by atomic mass is 16.2. The van der Waals surface area contributed by atoms with Crippen molar-refractivity contribution in [1.82, 2.24) is 0 Å². The number of anilines is 1. The van der Waals surface area contributed by atoms with E-state index in [1.807, 2.05) is 0 Å². The number of hydrogen-bond acceptors (Lipinski definition) is 1. The molecule has 2 heteroatoms. The van der Waals surface area contributed by atoms with Crippen molar-refractivity contribution in [3.63, 3.8) is 0 Å². The fourth-order valence-corrected chi connectivity index (χ4v) is 7.16. The third-order valence-electron chi connectivity index (χ3n) is 9.16. The van der Waals surface area contributed by atoms with Gasteiger partial charge in [0.1, 0.15) is 0 Å². The monoisotopic (exact) mass is 407 g/mol. The molecule has 3 unspecified atom stereocenters. The summed E-state index contributed by atoms with van der Waals surface area (Å²) in [5, 5.41) is 3.35. The van der Waals surface area contributed by atoms with Crippen LogP contribution < -0.4 is 5.32 Å². The van der Waals surface area contributed by atoms with E-state index in [1.54, 1.807) is 11.1 Å². The van der Waals surface area contributed by atoms with E-state index in [2.05, 4.69) is 65.1 Å². The van der Waals surface area contributed by atoms with Crippen LogP contribution in [0.25, 0.3) is 0 Å². The zero-order valence-electron chi connectivity index (χ0n) is 20.0. The Kier molecular flexibility index (Phi) is 5.66. The highest BCUT2D eigenvalue weighted by Crippen LogP contribution is 2.62. The molecule has 1 N–H and O–H groups in total. The lowest BCUT2D eigenvalue weighted by Crippen LogP contribution is -2.52. The molecule has 30 heavy (non-hydrogen) atoms. The van der Waals surface area contributed by atoms with Crippen molar-refractivity contribution < 1.29 is 4.79 Å². The maximum Gasteiger partial charge on any atom is 0.230 e. The van der Waals surface area contributed by atoms with Gasteiger partial charge in [0, 0.05) is 5.69 Å². The van der Waals surface area contributed by atoms with Gasteiger partial charge in [-0.2, -0.15) is 0 Å². The van der Waals surface area contributed by atoms with Gasteiger partial charge in [-0.05, 0) is 99.2 Å². The first kappa shape index (κ1) is 21.7. The van der Waals surface area contributed by atoms with Crippen LogP contribution in [0.2, 0.25) is 0 Å². The summed E-state index contributed by atoms with van der Waals surface area (Å²) in [6.45, 7) is 13.7. The van der Waals surface area contributed by atoms with Crippen LogP contribution >= 0.6 is 0 Å². The summed E-state index contributed by atoms with van der Waals surface area (Å²) in [6, 6.07) is 6.35. The second kappa shape index (κ2) is 7.84. The van der Waals surface area contributed by atoms with Gasteiger partial charge >= 0.3 is 0 Å². The normalized spacial score (nSPS) is 33.8. The van der Waals surface area contributed by atoms with Gasteiger partial charge in [-0.15, -0.1) is 0 Å². The molecule has 164 valence electrons. The number of aryl methyl sites for hydroxylation is 2. The van der Waals surface area contributed by atoms with E-state index in [0.717, 1.165) is 35.9 Å². The molecule has 4 atom stereocenters. The van der Waals surface area contributed by atoms with Crippen LogP contribution in [0.5, 0.6) is 0 Å². The fourth-order valence-electron chi connectivity index (χ4n) is 7.16. The van der Waals surface area contributed by atoms with E-state index in [0.29, 0.717) is 5.92 Å². The van der Waals surface area contributed by atoms with Gasteiger partial charge in [0.2, 0.25) is 5.91 Å². The molecule has 0 bridgehead atoms. The van der Waals surface area contributed by atoms with E-state index in [1.165, 1.54) is 44.1 Å². The maximum absolute atomic E-state index is 13.7. The Morgan fingerprint density at radius 3 is 2.60 bits per heavy atom. The molecule has 4 rings (SSSR count). The first-order chi connectivity index (χ1) is 14.1. The van der Waals surface area contributed by atoms with Gasteiger partial charge in [0.05, 0.1) is 5.41 Å². The molecular weight excluding hydrogens is 366 g/mol. The summed E-state index contributed by atoms with van der Waals surface area (Å²) >= 11 is 0. The average molecular weight is 408 g/mol. The topological polar surface area (TPSA) is 29.1 Å². The SMILES string of the molecule is Cc1ccc(C)c(NC(=O)[C@]2(C)CCCC3(C)C4=C(CCC32)CC(C(C)C)CC4)c1. The quantitative estimate of drug-likeness (QED) is 0.513. The highest BCUT2D eigenvalue weighted by Gasteiger charge is 2.56. The molecule has 0 saturated heterocycles. The molecule has 1 amide bonds. The van der Waals surface area contributed by atoms with Gasteiger partial charge < -0.3 is 5.32 Å². The van der Waals surface area contributed by atoms with Crippen molar-refractivity contribution in [3.8, 4) is 0 Å². The molecule has 0 radical (unpaired) electrons. The van der Waals surface area contributed by atoms with E-state index >= 15 is 0 Å². The molecule has 1 saturated carbocycles. The van der Waals surface area contributed by atoms with Crippen LogP contribution in [0.15, 0.2) is 29.3 Å². The predicted molar refractivity (Wildman–Crippen MR) is 127 cm³/mol. The van der Waals surface area contributed by atoms with Crippen molar-refractivity contribution in [2.24, 2.45) is 28.6 Å². The van der Waals surface area contributed by atoms with Crippen molar-refractivity contribution >= 4 is 11.6 Å². The Morgan fingerprint density at radius 1 is 1.10 bits per heavy atom. The molecule has 1 aromatic rings. The summed E-state index contributed by atoms with van der Waals surface area (Å²) in [5.41, 5.74) is 6.78. The van der Waals surface area contributed by atoms with Crippen LogP contribution in [0.1, 0.15) is 90.2 Å². The molecule has 1 aromatic carbocycles. The van der Waals surface area contributed by atoms with Crippen molar-refractivity contribution in [3.05, 3.63) is 40.5 Å². The number of carbonyl (C=O) groups is 1. The molecule has 0 heterocycles. The van der Waals surface area contributed by atoms with Crippen LogP contribution in [0.4, 0.5) is 5.69 Å².